The molecule has 138 valence electrons. The van der Waals surface area contributed by atoms with Crippen molar-refractivity contribution in [2.75, 3.05) is 20.2 Å². The number of hydrogen-bond donors (Lipinski definition) is 1. The summed E-state index contributed by atoms with van der Waals surface area (Å²) in [5.41, 5.74) is -0.136. The zero-order chi connectivity index (χ0) is 18.5. The Kier molecular flexibility index (Phi) is 8.46. The second-order valence-electron chi connectivity index (χ2n) is 9.63. The number of Topliss-reactive ketones (excluding diaryl/α,β-unsaturated/α-hetero) is 1. The van der Waals surface area contributed by atoms with Crippen LogP contribution in [0.2, 0.25) is 0 Å². The standard InChI is InChI=1S/C20H41NO2/c1-15(2)19(6,7)11-16(3)17(22)12-18(4,5)14-23-20(8,9)13-21-10/h15-16,21H,11-14H2,1-10H3. The summed E-state index contributed by atoms with van der Waals surface area (Å²) in [5.74, 6) is 1.05. The molecule has 0 aliphatic rings. The second kappa shape index (κ2) is 8.62. The van der Waals surface area contributed by atoms with Crippen LogP contribution in [0.5, 0.6) is 0 Å². The number of nitrogens with one attached hydrogen (secondary N) is 1. The molecule has 3 heteroatoms. The topological polar surface area (TPSA) is 38.3 Å². The second-order valence-corrected chi connectivity index (χ2v) is 9.63. The first-order chi connectivity index (χ1) is 10.2. The SMILES string of the molecule is CNCC(C)(C)OCC(C)(C)CC(=O)C(C)CC(C)(C)C(C)C. The molecule has 0 heterocycles. The van der Waals surface area contributed by atoms with Crippen molar-refractivity contribution in [3.63, 3.8) is 0 Å². The van der Waals surface area contributed by atoms with Crippen molar-refractivity contribution < 1.29 is 9.53 Å². The van der Waals surface area contributed by atoms with E-state index in [0.717, 1.165) is 13.0 Å². The average Bonchev–Trinajstić information content (AvgIpc) is 2.35. The Morgan fingerprint density at radius 2 is 1.57 bits per heavy atom. The van der Waals surface area contributed by atoms with E-state index in [1.165, 1.54) is 0 Å². The number of hydrogen-bond acceptors (Lipinski definition) is 3. The van der Waals surface area contributed by atoms with Crippen LogP contribution in [0.25, 0.3) is 0 Å². The fourth-order valence-corrected chi connectivity index (χ4v) is 2.70. The van der Waals surface area contributed by atoms with Gasteiger partial charge in [0, 0.05) is 18.9 Å². The third-order valence-corrected chi connectivity index (χ3v) is 5.05. The molecule has 0 saturated carbocycles. The summed E-state index contributed by atoms with van der Waals surface area (Å²) in [7, 11) is 1.93. The van der Waals surface area contributed by atoms with Crippen molar-refractivity contribution in [2.45, 2.75) is 80.8 Å². The molecule has 1 N–H and O–H groups in total. The third-order valence-electron chi connectivity index (χ3n) is 5.05. The van der Waals surface area contributed by atoms with E-state index < -0.39 is 0 Å². The van der Waals surface area contributed by atoms with Gasteiger partial charge in [-0.2, -0.15) is 0 Å². The van der Waals surface area contributed by atoms with Crippen molar-refractivity contribution in [1.29, 1.82) is 0 Å². The van der Waals surface area contributed by atoms with Crippen LogP contribution in [0.3, 0.4) is 0 Å². The molecular weight excluding hydrogens is 286 g/mol. The molecule has 0 spiro atoms. The van der Waals surface area contributed by atoms with E-state index in [1.54, 1.807) is 0 Å². The molecule has 0 radical (unpaired) electrons. The van der Waals surface area contributed by atoms with Crippen molar-refractivity contribution in [1.82, 2.24) is 5.32 Å². The largest absolute Gasteiger partial charge is 0.374 e. The highest BCUT2D eigenvalue weighted by Crippen LogP contribution is 2.35. The third kappa shape index (κ3) is 8.85. The van der Waals surface area contributed by atoms with Gasteiger partial charge in [-0.3, -0.25) is 4.79 Å². The summed E-state index contributed by atoms with van der Waals surface area (Å²) < 4.78 is 6.04. The van der Waals surface area contributed by atoms with Gasteiger partial charge in [0.05, 0.1) is 12.2 Å². The maximum atomic E-state index is 12.6. The molecule has 0 rings (SSSR count). The van der Waals surface area contributed by atoms with Crippen LogP contribution in [0.4, 0.5) is 0 Å². The zero-order valence-corrected chi connectivity index (χ0v) is 17.3. The monoisotopic (exact) mass is 327 g/mol. The van der Waals surface area contributed by atoms with Gasteiger partial charge in [0.25, 0.3) is 0 Å². The summed E-state index contributed by atoms with van der Waals surface area (Å²) >= 11 is 0. The summed E-state index contributed by atoms with van der Waals surface area (Å²) in [6.45, 7) is 20.9. The Balaban J connectivity index is 4.57. The Hall–Kier alpha value is -0.410. The van der Waals surface area contributed by atoms with Crippen LogP contribution >= 0.6 is 0 Å². The van der Waals surface area contributed by atoms with Gasteiger partial charge in [0.1, 0.15) is 5.78 Å². The highest BCUT2D eigenvalue weighted by molar-refractivity contribution is 5.81. The maximum absolute atomic E-state index is 12.6. The van der Waals surface area contributed by atoms with Gasteiger partial charge in [0.2, 0.25) is 0 Å². The quantitative estimate of drug-likeness (QED) is 0.598. The molecule has 3 nitrogen and oxygen atoms in total. The van der Waals surface area contributed by atoms with Crippen LogP contribution in [0, 0.1) is 22.7 Å². The minimum Gasteiger partial charge on any atom is -0.374 e. The molecule has 1 atom stereocenters. The minimum atomic E-state index is -0.208. The summed E-state index contributed by atoms with van der Waals surface area (Å²) in [6, 6.07) is 0. The van der Waals surface area contributed by atoms with E-state index >= 15 is 0 Å². The normalized spacial score (nSPS) is 15.1. The number of likely N-dealkylation sites (N-methyl/N-ethyl adjacent to an activating group) is 1. The first-order valence-electron chi connectivity index (χ1n) is 9.04. The molecule has 0 aliphatic heterocycles. The van der Waals surface area contributed by atoms with E-state index in [0.29, 0.717) is 24.7 Å². The fraction of sp³-hybridized carbons (Fsp3) is 0.950. The zero-order valence-electron chi connectivity index (χ0n) is 17.3. The van der Waals surface area contributed by atoms with E-state index in [4.69, 9.17) is 4.74 Å². The Morgan fingerprint density at radius 3 is 2.00 bits per heavy atom. The average molecular weight is 328 g/mol. The molecule has 1 unspecified atom stereocenters. The number of carbonyl (C=O) groups is 1. The molecule has 0 aliphatic carbocycles. The summed E-state index contributed by atoms with van der Waals surface area (Å²) in [4.78, 5) is 12.6. The van der Waals surface area contributed by atoms with Crippen LogP contribution in [0.1, 0.15) is 75.2 Å². The lowest BCUT2D eigenvalue weighted by atomic mass is 9.72. The van der Waals surface area contributed by atoms with E-state index in [-0.39, 0.29) is 22.3 Å². The molecule has 0 bridgehead atoms. The number of ether oxygens (including phenoxy) is 1. The van der Waals surface area contributed by atoms with Gasteiger partial charge in [-0.25, -0.2) is 0 Å². The van der Waals surface area contributed by atoms with Crippen molar-refractivity contribution >= 4 is 5.78 Å². The Bertz CT molecular complexity index is 370. The van der Waals surface area contributed by atoms with Crippen molar-refractivity contribution in [3.8, 4) is 0 Å². The van der Waals surface area contributed by atoms with Gasteiger partial charge in [-0.15, -0.1) is 0 Å². The number of carbonyl (C=O) groups excluding carboxylic acids is 1. The molecule has 0 amide bonds. The number of rotatable bonds is 11. The van der Waals surface area contributed by atoms with Gasteiger partial charge >= 0.3 is 0 Å². The highest BCUT2D eigenvalue weighted by Gasteiger charge is 2.32. The summed E-state index contributed by atoms with van der Waals surface area (Å²) in [5, 5.41) is 3.15. The first-order valence-corrected chi connectivity index (χ1v) is 9.04. The van der Waals surface area contributed by atoms with Gasteiger partial charge in [-0.05, 0) is 44.1 Å². The lowest BCUT2D eigenvalue weighted by molar-refractivity contribution is -0.128. The van der Waals surface area contributed by atoms with Crippen LogP contribution in [-0.4, -0.2) is 31.6 Å². The van der Waals surface area contributed by atoms with Crippen molar-refractivity contribution in [2.24, 2.45) is 22.7 Å². The van der Waals surface area contributed by atoms with Crippen LogP contribution in [-0.2, 0) is 9.53 Å². The molecule has 23 heavy (non-hydrogen) atoms. The van der Waals surface area contributed by atoms with E-state index in [9.17, 15) is 4.79 Å². The predicted octanol–water partition coefficient (Wildman–Crippen LogP) is 4.69. The molecule has 0 fully saturated rings. The molecule has 0 aromatic carbocycles. The smallest absolute Gasteiger partial charge is 0.136 e. The Labute approximate surface area is 144 Å². The minimum absolute atomic E-state index is 0.108. The molecule has 0 aromatic heterocycles. The fourth-order valence-electron chi connectivity index (χ4n) is 2.70. The van der Waals surface area contributed by atoms with Gasteiger partial charge in [-0.1, -0.05) is 48.5 Å². The number of ketones is 1. The first kappa shape index (κ1) is 22.6. The lowest BCUT2D eigenvalue weighted by Gasteiger charge is -2.34. The molecule has 0 saturated heterocycles. The maximum Gasteiger partial charge on any atom is 0.136 e. The van der Waals surface area contributed by atoms with Gasteiger partial charge in [0.15, 0.2) is 0 Å². The van der Waals surface area contributed by atoms with Crippen LogP contribution in [0.15, 0.2) is 0 Å². The van der Waals surface area contributed by atoms with E-state index in [2.05, 4.69) is 67.6 Å². The Morgan fingerprint density at radius 1 is 1.04 bits per heavy atom. The lowest BCUT2D eigenvalue weighted by Crippen LogP contribution is -2.39. The van der Waals surface area contributed by atoms with E-state index in [1.807, 2.05) is 7.05 Å². The van der Waals surface area contributed by atoms with Gasteiger partial charge < -0.3 is 10.1 Å². The van der Waals surface area contributed by atoms with Crippen molar-refractivity contribution in [3.05, 3.63) is 0 Å². The summed E-state index contributed by atoms with van der Waals surface area (Å²) in [6.07, 6.45) is 1.53. The van der Waals surface area contributed by atoms with Crippen LogP contribution < -0.4 is 5.32 Å². The molecular formula is C20H41NO2. The predicted molar refractivity (Wildman–Crippen MR) is 99.8 cm³/mol. The molecule has 0 aromatic rings. The highest BCUT2D eigenvalue weighted by atomic mass is 16.5.